The molecule has 0 saturated carbocycles. The topological polar surface area (TPSA) is 62.8 Å². The summed E-state index contributed by atoms with van der Waals surface area (Å²) in [7, 11) is 0. The second-order valence-corrected chi connectivity index (χ2v) is 7.93. The van der Waals surface area contributed by atoms with E-state index in [1.54, 1.807) is 0 Å². The van der Waals surface area contributed by atoms with Crippen LogP contribution in [0.2, 0.25) is 0 Å². The van der Waals surface area contributed by atoms with Crippen LogP contribution in [0.3, 0.4) is 0 Å². The van der Waals surface area contributed by atoms with Crippen LogP contribution >= 0.6 is 0 Å². The Morgan fingerprint density at radius 2 is 2.04 bits per heavy atom. The van der Waals surface area contributed by atoms with E-state index in [-0.39, 0.29) is 12.1 Å². The number of nitrogens with zero attached hydrogens (tertiary/aromatic N) is 1. The molecule has 0 bridgehead atoms. The standard InChI is InChI=1S/C22H37N3O3/c1-18(2)28-15-14-27-17-20-6-4-7-21(16-20)24-22(26)23-10-5-11-25-12-8-19(3)9-13-25/h4,6-7,16,18-19H,5,8-15,17H2,1-3H3,(H2,23,24,26). The Kier molecular flexibility index (Phi) is 10.3. The Morgan fingerprint density at radius 1 is 1.25 bits per heavy atom. The molecule has 2 rings (SSSR count). The second kappa shape index (κ2) is 12.8. The molecule has 0 aliphatic carbocycles. The van der Waals surface area contributed by atoms with Gasteiger partial charge in [0, 0.05) is 12.2 Å². The first kappa shape index (κ1) is 22.7. The average molecular weight is 392 g/mol. The molecule has 1 heterocycles. The molecule has 1 saturated heterocycles. The fourth-order valence-corrected chi connectivity index (χ4v) is 3.24. The van der Waals surface area contributed by atoms with E-state index in [1.165, 1.54) is 25.9 Å². The van der Waals surface area contributed by atoms with Crippen LogP contribution in [-0.2, 0) is 16.1 Å². The molecule has 1 aromatic carbocycles. The first-order chi connectivity index (χ1) is 13.5. The van der Waals surface area contributed by atoms with E-state index in [9.17, 15) is 4.79 Å². The highest BCUT2D eigenvalue weighted by Crippen LogP contribution is 2.15. The van der Waals surface area contributed by atoms with E-state index in [1.807, 2.05) is 38.1 Å². The molecular weight excluding hydrogens is 354 g/mol. The summed E-state index contributed by atoms with van der Waals surface area (Å²) in [6.07, 6.45) is 3.78. The zero-order valence-corrected chi connectivity index (χ0v) is 17.7. The number of urea groups is 1. The van der Waals surface area contributed by atoms with Gasteiger partial charge < -0.3 is 25.0 Å². The zero-order valence-electron chi connectivity index (χ0n) is 17.7. The first-order valence-electron chi connectivity index (χ1n) is 10.6. The summed E-state index contributed by atoms with van der Waals surface area (Å²) in [5.41, 5.74) is 1.81. The molecule has 1 aromatic rings. The molecule has 1 fully saturated rings. The van der Waals surface area contributed by atoms with Gasteiger partial charge in [-0.3, -0.25) is 0 Å². The number of amides is 2. The second-order valence-electron chi connectivity index (χ2n) is 7.93. The molecule has 158 valence electrons. The van der Waals surface area contributed by atoms with E-state index >= 15 is 0 Å². The van der Waals surface area contributed by atoms with Gasteiger partial charge in [-0.15, -0.1) is 0 Å². The minimum absolute atomic E-state index is 0.157. The molecule has 1 aliphatic rings. The number of anilines is 1. The van der Waals surface area contributed by atoms with Crippen molar-refractivity contribution < 1.29 is 14.3 Å². The maximum atomic E-state index is 12.1. The van der Waals surface area contributed by atoms with E-state index in [0.717, 1.165) is 30.1 Å². The number of likely N-dealkylation sites (tertiary alicyclic amines) is 1. The van der Waals surface area contributed by atoms with Crippen LogP contribution in [0.25, 0.3) is 0 Å². The van der Waals surface area contributed by atoms with E-state index < -0.39 is 0 Å². The average Bonchev–Trinajstić information content (AvgIpc) is 2.66. The largest absolute Gasteiger partial charge is 0.376 e. The lowest BCUT2D eigenvalue weighted by molar-refractivity contribution is 0.0143. The van der Waals surface area contributed by atoms with Gasteiger partial charge in [0.1, 0.15) is 0 Å². The summed E-state index contributed by atoms with van der Waals surface area (Å²) in [5.74, 6) is 0.856. The van der Waals surface area contributed by atoms with Crippen molar-refractivity contribution in [2.45, 2.75) is 52.7 Å². The van der Waals surface area contributed by atoms with Gasteiger partial charge in [0.15, 0.2) is 0 Å². The molecule has 0 radical (unpaired) electrons. The lowest BCUT2D eigenvalue weighted by Crippen LogP contribution is -2.36. The fourth-order valence-electron chi connectivity index (χ4n) is 3.24. The third-order valence-electron chi connectivity index (χ3n) is 4.95. The lowest BCUT2D eigenvalue weighted by atomic mass is 9.99. The van der Waals surface area contributed by atoms with Crippen LogP contribution < -0.4 is 10.6 Å². The monoisotopic (exact) mass is 391 g/mol. The van der Waals surface area contributed by atoms with Crippen LogP contribution in [0.1, 0.15) is 45.6 Å². The van der Waals surface area contributed by atoms with Crippen molar-refractivity contribution in [2.24, 2.45) is 5.92 Å². The number of hydrogen-bond acceptors (Lipinski definition) is 4. The zero-order chi connectivity index (χ0) is 20.2. The molecule has 1 aliphatic heterocycles. The number of carbonyl (C=O) groups is 1. The Labute approximate surface area is 170 Å². The number of benzene rings is 1. The Hall–Kier alpha value is -1.63. The fraction of sp³-hybridized carbons (Fsp3) is 0.682. The SMILES string of the molecule is CC1CCN(CCCNC(=O)Nc2cccc(COCCOC(C)C)c2)CC1. The maximum absolute atomic E-state index is 12.1. The minimum Gasteiger partial charge on any atom is -0.376 e. The van der Waals surface area contributed by atoms with E-state index in [2.05, 4.69) is 22.5 Å². The molecule has 2 amide bonds. The minimum atomic E-state index is -0.157. The van der Waals surface area contributed by atoms with Gasteiger partial charge in [-0.05, 0) is 76.4 Å². The Balaban J connectivity index is 1.59. The molecule has 2 N–H and O–H groups in total. The lowest BCUT2D eigenvalue weighted by Gasteiger charge is -2.30. The molecular formula is C22H37N3O3. The molecule has 0 unspecified atom stereocenters. The van der Waals surface area contributed by atoms with Crippen LogP contribution in [0.4, 0.5) is 10.5 Å². The van der Waals surface area contributed by atoms with Crippen LogP contribution in [0.5, 0.6) is 0 Å². The van der Waals surface area contributed by atoms with Gasteiger partial charge in [-0.2, -0.15) is 0 Å². The number of piperidine rings is 1. The summed E-state index contributed by atoms with van der Waals surface area (Å²) in [6.45, 7) is 12.1. The molecule has 0 spiro atoms. The summed E-state index contributed by atoms with van der Waals surface area (Å²) >= 11 is 0. The number of nitrogens with one attached hydrogen (secondary N) is 2. The van der Waals surface area contributed by atoms with Crippen molar-refractivity contribution in [3.8, 4) is 0 Å². The molecule has 6 heteroatoms. The van der Waals surface area contributed by atoms with E-state index in [4.69, 9.17) is 9.47 Å². The molecule has 28 heavy (non-hydrogen) atoms. The normalized spacial score (nSPS) is 15.7. The number of hydrogen-bond donors (Lipinski definition) is 2. The van der Waals surface area contributed by atoms with Crippen LogP contribution in [0.15, 0.2) is 24.3 Å². The summed E-state index contributed by atoms with van der Waals surface area (Å²) in [4.78, 5) is 14.6. The smallest absolute Gasteiger partial charge is 0.319 e. The van der Waals surface area contributed by atoms with Crippen molar-refractivity contribution in [1.82, 2.24) is 10.2 Å². The quantitative estimate of drug-likeness (QED) is 0.562. The number of ether oxygens (including phenoxy) is 2. The van der Waals surface area contributed by atoms with Gasteiger partial charge in [0.2, 0.25) is 0 Å². The van der Waals surface area contributed by atoms with Crippen molar-refractivity contribution in [3.63, 3.8) is 0 Å². The van der Waals surface area contributed by atoms with Gasteiger partial charge >= 0.3 is 6.03 Å². The first-order valence-corrected chi connectivity index (χ1v) is 10.6. The van der Waals surface area contributed by atoms with Crippen molar-refractivity contribution in [3.05, 3.63) is 29.8 Å². The van der Waals surface area contributed by atoms with Crippen LogP contribution in [0, 0.1) is 5.92 Å². The number of rotatable bonds is 11. The summed E-state index contributed by atoms with van der Waals surface area (Å²) in [6, 6.07) is 7.59. The van der Waals surface area contributed by atoms with Gasteiger partial charge in [-0.1, -0.05) is 19.1 Å². The van der Waals surface area contributed by atoms with Crippen molar-refractivity contribution >= 4 is 11.7 Å². The third-order valence-corrected chi connectivity index (χ3v) is 4.95. The Morgan fingerprint density at radius 3 is 2.79 bits per heavy atom. The highest BCUT2D eigenvalue weighted by Gasteiger charge is 2.14. The van der Waals surface area contributed by atoms with Crippen molar-refractivity contribution in [1.29, 1.82) is 0 Å². The summed E-state index contributed by atoms with van der Waals surface area (Å²) in [5, 5.41) is 5.84. The maximum Gasteiger partial charge on any atom is 0.319 e. The van der Waals surface area contributed by atoms with Gasteiger partial charge in [0.05, 0.1) is 25.9 Å². The molecule has 0 aromatic heterocycles. The summed E-state index contributed by atoms with van der Waals surface area (Å²) < 4.78 is 11.1. The van der Waals surface area contributed by atoms with Gasteiger partial charge in [0.25, 0.3) is 0 Å². The molecule has 6 nitrogen and oxygen atoms in total. The van der Waals surface area contributed by atoms with Crippen molar-refractivity contribution in [2.75, 3.05) is 44.7 Å². The predicted molar refractivity (Wildman–Crippen MR) is 114 cm³/mol. The highest BCUT2D eigenvalue weighted by molar-refractivity contribution is 5.89. The highest BCUT2D eigenvalue weighted by atomic mass is 16.5. The van der Waals surface area contributed by atoms with E-state index in [0.29, 0.717) is 26.4 Å². The predicted octanol–water partition coefficient (Wildman–Crippen LogP) is 3.87. The Bertz CT molecular complexity index is 572. The molecule has 0 atom stereocenters. The van der Waals surface area contributed by atoms with Crippen LogP contribution in [-0.4, -0.2) is 56.4 Å². The number of carbonyl (C=O) groups excluding carboxylic acids is 1. The van der Waals surface area contributed by atoms with Gasteiger partial charge in [-0.25, -0.2) is 4.79 Å². The third kappa shape index (κ3) is 9.53.